The average molecular weight is 283 g/mol. The van der Waals surface area contributed by atoms with Crippen molar-refractivity contribution < 1.29 is 9.66 Å². The lowest BCUT2D eigenvalue weighted by Crippen LogP contribution is -2.02. The quantitative estimate of drug-likeness (QED) is 0.673. The smallest absolute Gasteiger partial charge is 0.273 e. The fourth-order valence-corrected chi connectivity index (χ4v) is 1.83. The predicted octanol–water partition coefficient (Wildman–Crippen LogP) is 3.09. The number of nitrogens with zero attached hydrogens (tertiary/aromatic N) is 2. The highest BCUT2D eigenvalue weighted by molar-refractivity contribution is 5.60. The molecule has 1 N–H and O–H groups in total. The average Bonchev–Trinajstić information content (AvgIpc) is 2.53. The van der Waals surface area contributed by atoms with E-state index in [1.165, 1.54) is 19.2 Å². The molecule has 0 aliphatic heterocycles. The SMILES string of the molecule is COc1cc([N+](=O)[O-])ccc1NCc1ccc(C#N)cc1. The van der Waals surface area contributed by atoms with Crippen LogP contribution in [0, 0.1) is 21.4 Å². The van der Waals surface area contributed by atoms with Crippen LogP contribution in [0.2, 0.25) is 0 Å². The van der Waals surface area contributed by atoms with Gasteiger partial charge < -0.3 is 10.1 Å². The maximum Gasteiger partial charge on any atom is 0.273 e. The Morgan fingerprint density at radius 1 is 1.29 bits per heavy atom. The van der Waals surface area contributed by atoms with Crippen molar-refractivity contribution in [2.24, 2.45) is 0 Å². The van der Waals surface area contributed by atoms with Crippen molar-refractivity contribution in [2.75, 3.05) is 12.4 Å². The standard InChI is InChI=1S/C15H13N3O3/c1-21-15-8-13(18(19)20)6-7-14(15)17-10-12-4-2-11(9-16)3-5-12/h2-8,17H,10H2,1H3. The van der Waals surface area contributed by atoms with Crippen LogP contribution in [0.3, 0.4) is 0 Å². The summed E-state index contributed by atoms with van der Waals surface area (Å²) in [7, 11) is 1.46. The number of methoxy groups -OCH3 is 1. The minimum atomic E-state index is -0.465. The van der Waals surface area contributed by atoms with Crippen molar-refractivity contribution in [1.29, 1.82) is 5.26 Å². The van der Waals surface area contributed by atoms with Crippen molar-refractivity contribution in [3.05, 3.63) is 63.7 Å². The molecule has 2 rings (SSSR count). The van der Waals surface area contributed by atoms with E-state index in [4.69, 9.17) is 10.00 Å². The van der Waals surface area contributed by atoms with Crippen molar-refractivity contribution in [3.63, 3.8) is 0 Å². The van der Waals surface area contributed by atoms with Gasteiger partial charge in [-0.2, -0.15) is 5.26 Å². The van der Waals surface area contributed by atoms with Gasteiger partial charge in [0.05, 0.1) is 35.4 Å². The summed E-state index contributed by atoms with van der Waals surface area (Å²) in [5.41, 5.74) is 2.25. The zero-order chi connectivity index (χ0) is 15.2. The second-order valence-corrected chi connectivity index (χ2v) is 4.30. The molecule has 0 unspecified atom stereocenters. The third-order valence-corrected chi connectivity index (χ3v) is 2.96. The van der Waals surface area contributed by atoms with Gasteiger partial charge in [-0.15, -0.1) is 0 Å². The van der Waals surface area contributed by atoms with E-state index in [0.717, 1.165) is 5.56 Å². The molecule has 0 aliphatic rings. The highest BCUT2D eigenvalue weighted by Crippen LogP contribution is 2.29. The molecule has 0 aromatic heterocycles. The van der Waals surface area contributed by atoms with Gasteiger partial charge in [-0.25, -0.2) is 0 Å². The Kier molecular flexibility index (Phi) is 4.36. The second-order valence-electron chi connectivity index (χ2n) is 4.30. The van der Waals surface area contributed by atoms with Gasteiger partial charge in [0, 0.05) is 12.6 Å². The largest absolute Gasteiger partial charge is 0.494 e. The normalized spacial score (nSPS) is 9.71. The van der Waals surface area contributed by atoms with Crippen molar-refractivity contribution in [2.45, 2.75) is 6.54 Å². The van der Waals surface area contributed by atoms with Gasteiger partial charge in [-0.05, 0) is 23.8 Å². The van der Waals surface area contributed by atoms with E-state index in [1.807, 2.05) is 12.1 Å². The van der Waals surface area contributed by atoms with Gasteiger partial charge in [-0.1, -0.05) is 12.1 Å². The first-order chi connectivity index (χ1) is 10.1. The Morgan fingerprint density at radius 2 is 2.00 bits per heavy atom. The van der Waals surface area contributed by atoms with Gasteiger partial charge in [0.15, 0.2) is 0 Å². The van der Waals surface area contributed by atoms with E-state index in [1.54, 1.807) is 18.2 Å². The van der Waals surface area contributed by atoms with Crippen LogP contribution in [0.4, 0.5) is 11.4 Å². The number of benzene rings is 2. The maximum absolute atomic E-state index is 10.7. The Bertz CT molecular complexity index is 690. The summed E-state index contributed by atoms with van der Waals surface area (Å²) in [6.07, 6.45) is 0. The first-order valence-corrected chi connectivity index (χ1v) is 6.19. The second kappa shape index (κ2) is 6.39. The van der Waals surface area contributed by atoms with Crippen LogP contribution in [0.25, 0.3) is 0 Å². The number of non-ortho nitro benzene ring substituents is 1. The summed E-state index contributed by atoms with van der Waals surface area (Å²) < 4.78 is 5.15. The third-order valence-electron chi connectivity index (χ3n) is 2.96. The minimum Gasteiger partial charge on any atom is -0.494 e. The van der Waals surface area contributed by atoms with Crippen LogP contribution >= 0.6 is 0 Å². The van der Waals surface area contributed by atoms with Gasteiger partial charge in [-0.3, -0.25) is 10.1 Å². The number of nitriles is 1. The lowest BCUT2D eigenvalue weighted by atomic mass is 10.1. The minimum absolute atomic E-state index is 0.0178. The molecular formula is C15H13N3O3. The predicted molar refractivity (Wildman–Crippen MR) is 78.1 cm³/mol. The molecule has 106 valence electrons. The molecule has 0 bridgehead atoms. The Morgan fingerprint density at radius 3 is 2.57 bits per heavy atom. The number of nitrogens with one attached hydrogen (secondary N) is 1. The Labute approximate surface area is 121 Å². The third kappa shape index (κ3) is 3.48. The van der Waals surface area contributed by atoms with Gasteiger partial charge in [0.25, 0.3) is 5.69 Å². The van der Waals surface area contributed by atoms with Crippen LogP contribution < -0.4 is 10.1 Å². The molecule has 0 fully saturated rings. The van der Waals surface area contributed by atoms with E-state index in [0.29, 0.717) is 23.5 Å². The molecular weight excluding hydrogens is 270 g/mol. The summed E-state index contributed by atoms with van der Waals surface area (Å²) >= 11 is 0. The molecule has 6 nitrogen and oxygen atoms in total. The summed E-state index contributed by atoms with van der Waals surface area (Å²) in [5, 5.41) is 22.6. The molecule has 2 aromatic carbocycles. The molecule has 0 saturated heterocycles. The zero-order valence-corrected chi connectivity index (χ0v) is 11.4. The van der Waals surface area contributed by atoms with Crippen LogP contribution in [0.1, 0.15) is 11.1 Å². The molecule has 0 spiro atoms. The molecule has 6 heteroatoms. The lowest BCUT2D eigenvalue weighted by Gasteiger charge is -2.11. The van der Waals surface area contributed by atoms with E-state index in [9.17, 15) is 10.1 Å². The van der Waals surface area contributed by atoms with E-state index < -0.39 is 4.92 Å². The van der Waals surface area contributed by atoms with Gasteiger partial charge in [0.2, 0.25) is 0 Å². The zero-order valence-electron chi connectivity index (χ0n) is 11.4. The molecule has 0 amide bonds. The maximum atomic E-state index is 10.7. The first-order valence-electron chi connectivity index (χ1n) is 6.19. The summed E-state index contributed by atoms with van der Waals surface area (Å²) in [4.78, 5) is 10.3. The van der Waals surface area contributed by atoms with E-state index in [2.05, 4.69) is 11.4 Å². The van der Waals surface area contributed by atoms with E-state index in [-0.39, 0.29) is 5.69 Å². The molecule has 2 aromatic rings. The lowest BCUT2D eigenvalue weighted by molar-refractivity contribution is -0.384. The first kappa shape index (κ1) is 14.3. The highest BCUT2D eigenvalue weighted by Gasteiger charge is 2.11. The van der Waals surface area contributed by atoms with Crippen molar-refractivity contribution in [1.82, 2.24) is 0 Å². The fourth-order valence-electron chi connectivity index (χ4n) is 1.83. The number of anilines is 1. The van der Waals surface area contributed by atoms with E-state index >= 15 is 0 Å². The monoisotopic (exact) mass is 283 g/mol. The number of nitro benzene ring substituents is 1. The summed E-state index contributed by atoms with van der Waals surface area (Å²) in [6.45, 7) is 0.528. The van der Waals surface area contributed by atoms with Crippen molar-refractivity contribution >= 4 is 11.4 Å². The molecule has 0 heterocycles. The molecule has 0 atom stereocenters. The highest BCUT2D eigenvalue weighted by atomic mass is 16.6. The van der Waals surface area contributed by atoms with Crippen LogP contribution in [-0.2, 0) is 6.54 Å². The fraction of sp³-hybridized carbons (Fsp3) is 0.133. The number of ether oxygens (including phenoxy) is 1. The molecule has 0 radical (unpaired) electrons. The Balaban J connectivity index is 2.12. The number of rotatable bonds is 5. The van der Waals surface area contributed by atoms with Gasteiger partial charge in [0.1, 0.15) is 5.75 Å². The van der Waals surface area contributed by atoms with Crippen LogP contribution in [0.15, 0.2) is 42.5 Å². The topological polar surface area (TPSA) is 88.2 Å². The number of hydrogen-bond donors (Lipinski definition) is 1. The molecule has 0 aliphatic carbocycles. The van der Waals surface area contributed by atoms with Crippen LogP contribution in [0.5, 0.6) is 5.75 Å². The number of nitro groups is 1. The van der Waals surface area contributed by atoms with Crippen molar-refractivity contribution in [3.8, 4) is 11.8 Å². The number of hydrogen-bond acceptors (Lipinski definition) is 5. The Hall–Kier alpha value is -3.07. The summed E-state index contributed by atoms with van der Waals surface area (Å²) in [5.74, 6) is 0.415. The molecule has 21 heavy (non-hydrogen) atoms. The summed E-state index contributed by atoms with van der Waals surface area (Å²) in [6, 6.07) is 13.6. The molecule has 0 saturated carbocycles. The van der Waals surface area contributed by atoms with Crippen LogP contribution in [-0.4, -0.2) is 12.0 Å². The van der Waals surface area contributed by atoms with Gasteiger partial charge >= 0.3 is 0 Å².